The third kappa shape index (κ3) is 4.25. The van der Waals surface area contributed by atoms with E-state index in [9.17, 15) is 4.39 Å². The number of nitrogens with zero attached hydrogens (tertiary/aromatic N) is 6. The maximum absolute atomic E-state index is 13.1. The molecule has 0 amide bonds. The lowest BCUT2D eigenvalue weighted by Gasteiger charge is -2.16. The average Bonchev–Trinajstić information content (AvgIpc) is 3.51. The Bertz CT molecular complexity index is 1100. The lowest BCUT2D eigenvalue weighted by molar-refractivity contribution is 0.627. The summed E-state index contributed by atoms with van der Waals surface area (Å²) in [7, 11) is 0. The smallest absolute Gasteiger partial charge is 0.245 e. The molecule has 156 valence electrons. The van der Waals surface area contributed by atoms with Crippen LogP contribution in [0.2, 0.25) is 0 Å². The average molecular weight is 408 g/mol. The van der Waals surface area contributed by atoms with Crippen molar-refractivity contribution in [1.29, 1.82) is 0 Å². The number of aromatic nitrogens is 5. The molecule has 0 saturated carbocycles. The Hall–Kier alpha value is -3.46. The highest BCUT2D eigenvalue weighted by Gasteiger charge is 2.18. The van der Waals surface area contributed by atoms with Crippen LogP contribution in [-0.2, 0) is 0 Å². The van der Waals surface area contributed by atoms with Crippen molar-refractivity contribution in [3.05, 3.63) is 60.9 Å². The second-order valence-electron chi connectivity index (χ2n) is 6.97. The Morgan fingerprint density at radius 2 is 1.87 bits per heavy atom. The first-order chi connectivity index (χ1) is 14.7. The lowest BCUT2D eigenvalue weighted by Crippen LogP contribution is -2.22. The van der Waals surface area contributed by atoms with Crippen molar-refractivity contribution in [1.82, 2.24) is 24.1 Å². The molecule has 8 nitrogen and oxygen atoms in total. The van der Waals surface area contributed by atoms with Crippen molar-refractivity contribution >= 4 is 23.1 Å². The van der Waals surface area contributed by atoms with Gasteiger partial charge in [-0.15, -0.1) is 5.10 Å². The van der Waals surface area contributed by atoms with Gasteiger partial charge in [0, 0.05) is 25.0 Å². The standard InChI is InChI=1S/C19H18FN7.C2H7N/c20-14-5-7-15(8-6-14)26-12-17(21-13-26)22-18-16-4-3-11-27(16)24-19(23-18)25-9-1-2-10-25;1-2-3/h3-8,11-13H,1-2,9-10H2,(H,22,23,24);2-3H2,1H3. The minimum Gasteiger partial charge on any atom is -0.340 e. The molecule has 3 aromatic heterocycles. The third-order valence-electron chi connectivity index (χ3n) is 4.72. The largest absolute Gasteiger partial charge is 0.340 e. The number of anilines is 3. The van der Waals surface area contributed by atoms with Gasteiger partial charge < -0.3 is 20.5 Å². The molecule has 4 aromatic rings. The van der Waals surface area contributed by atoms with E-state index in [0.29, 0.717) is 11.6 Å². The molecule has 1 aromatic carbocycles. The number of rotatable bonds is 4. The molecule has 0 aliphatic carbocycles. The van der Waals surface area contributed by atoms with Gasteiger partial charge in [0.25, 0.3) is 0 Å². The highest BCUT2D eigenvalue weighted by molar-refractivity contribution is 5.73. The van der Waals surface area contributed by atoms with E-state index in [1.807, 2.05) is 40.5 Å². The Balaban J connectivity index is 0.000000687. The quantitative estimate of drug-likeness (QED) is 0.538. The van der Waals surface area contributed by atoms with Crippen LogP contribution in [0.1, 0.15) is 19.8 Å². The first-order valence-electron chi connectivity index (χ1n) is 10.1. The Morgan fingerprint density at radius 3 is 2.60 bits per heavy atom. The summed E-state index contributed by atoms with van der Waals surface area (Å²) in [5.74, 6) is 1.83. The van der Waals surface area contributed by atoms with Gasteiger partial charge in [-0.05, 0) is 55.8 Å². The van der Waals surface area contributed by atoms with Gasteiger partial charge >= 0.3 is 0 Å². The SMILES string of the molecule is CCN.Fc1ccc(-n2cnc(Nc3nc(N4CCCC4)nn4cccc34)c2)cc1. The molecule has 0 radical (unpaired) electrons. The zero-order chi connectivity index (χ0) is 20.9. The summed E-state index contributed by atoms with van der Waals surface area (Å²) >= 11 is 0. The molecule has 1 aliphatic rings. The van der Waals surface area contributed by atoms with Crippen molar-refractivity contribution < 1.29 is 4.39 Å². The second-order valence-corrected chi connectivity index (χ2v) is 6.97. The number of hydrogen-bond donors (Lipinski definition) is 2. The van der Waals surface area contributed by atoms with Crippen LogP contribution in [0.5, 0.6) is 0 Å². The lowest BCUT2D eigenvalue weighted by atomic mass is 10.3. The molecule has 3 N–H and O–H groups in total. The summed E-state index contributed by atoms with van der Waals surface area (Å²) in [5, 5.41) is 7.90. The molecule has 4 heterocycles. The van der Waals surface area contributed by atoms with Crippen LogP contribution in [0.3, 0.4) is 0 Å². The van der Waals surface area contributed by atoms with Crippen molar-refractivity contribution in [2.24, 2.45) is 5.73 Å². The Morgan fingerprint density at radius 1 is 1.13 bits per heavy atom. The first kappa shape index (κ1) is 19.8. The molecule has 0 bridgehead atoms. The summed E-state index contributed by atoms with van der Waals surface area (Å²) in [6.07, 6.45) is 7.78. The van der Waals surface area contributed by atoms with Gasteiger partial charge in [0.2, 0.25) is 5.95 Å². The van der Waals surface area contributed by atoms with Gasteiger partial charge in [0.1, 0.15) is 23.5 Å². The molecule has 30 heavy (non-hydrogen) atoms. The zero-order valence-electron chi connectivity index (χ0n) is 16.9. The van der Waals surface area contributed by atoms with Crippen LogP contribution >= 0.6 is 0 Å². The van der Waals surface area contributed by atoms with Crippen molar-refractivity contribution in [3.63, 3.8) is 0 Å². The molecule has 5 rings (SSSR count). The molecular weight excluding hydrogens is 383 g/mol. The fourth-order valence-electron chi connectivity index (χ4n) is 3.33. The van der Waals surface area contributed by atoms with E-state index in [0.717, 1.165) is 49.6 Å². The first-order valence-corrected chi connectivity index (χ1v) is 10.1. The molecule has 0 unspecified atom stereocenters. The van der Waals surface area contributed by atoms with Crippen LogP contribution in [0, 0.1) is 5.82 Å². The number of benzene rings is 1. The van der Waals surface area contributed by atoms with E-state index in [1.54, 1.807) is 18.5 Å². The summed E-state index contributed by atoms with van der Waals surface area (Å²) in [6.45, 7) is 4.61. The summed E-state index contributed by atoms with van der Waals surface area (Å²) in [5.41, 5.74) is 6.57. The second kappa shape index (κ2) is 8.91. The minimum atomic E-state index is -0.261. The predicted octanol–water partition coefficient (Wildman–Crippen LogP) is 3.36. The van der Waals surface area contributed by atoms with E-state index >= 15 is 0 Å². The number of hydrogen-bond acceptors (Lipinski definition) is 6. The van der Waals surface area contributed by atoms with Crippen molar-refractivity contribution in [3.8, 4) is 5.69 Å². The maximum atomic E-state index is 13.1. The van der Waals surface area contributed by atoms with Gasteiger partial charge in [0.05, 0.1) is 6.20 Å². The topological polar surface area (TPSA) is 89.3 Å². The molecule has 1 aliphatic heterocycles. The molecular formula is C21H25FN8. The number of halogens is 1. The predicted molar refractivity (Wildman–Crippen MR) is 116 cm³/mol. The van der Waals surface area contributed by atoms with Crippen LogP contribution < -0.4 is 16.0 Å². The minimum absolute atomic E-state index is 0.261. The molecule has 9 heteroatoms. The highest BCUT2D eigenvalue weighted by atomic mass is 19.1. The highest BCUT2D eigenvalue weighted by Crippen LogP contribution is 2.24. The molecule has 0 spiro atoms. The van der Waals surface area contributed by atoms with Crippen molar-refractivity contribution in [2.75, 3.05) is 29.9 Å². The van der Waals surface area contributed by atoms with E-state index in [2.05, 4.69) is 20.3 Å². The van der Waals surface area contributed by atoms with Gasteiger partial charge in [-0.1, -0.05) is 6.92 Å². The third-order valence-corrected chi connectivity index (χ3v) is 4.72. The molecule has 1 fully saturated rings. The van der Waals surface area contributed by atoms with Crippen molar-refractivity contribution in [2.45, 2.75) is 19.8 Å². The van der Waals surface area contributed by atoms with Crippen LogP contribution in [0.4, 0.5) is 22.0 Å². The Kier molecular flexibility index (Phi) is 5.89. The van der Waals surface area contributed by atoms with Gasteiger partial charge in [0.15, 0.2) is 5.82 Å². The van der Waals surface area contributed by atoms with Gasteiger partial charge in [-0.25, -0.2) is 13.9 Å². The molecule has 1 saturated heterocycles. The summed E-state index contributed by atoms with van der Waals surface area (Å²) in [4.78, 5) is 11.3. The maximum Gasteiger partial charge on any atom is 0.245 e. The van der Waals surface area contributed by atoms with Gasteiger partial charge in [-0.3, -0.25) is 0 Å². The molecule has 0 atom stereocenters. The monoisotopic (exact) mass is 408 g/mol. The number of nitrogens with one attached hydrogen (secondary N) is 1. The fraction of sp³-hybridized carbons (Fsp3) is 0.286. The van der Waals surface area contributed by atoms with E-state index in [-0.39, 0.29) is 5.82 Å². The Labute approximate surface area is 174 Å². The number of nitrogens with two attached hydrogens (primary N) is 1. The van der Waals surface area contributed by atoms with Crippen LogP contribution in [0.15, 0.2) is 55.1 Å². The van der Waals surface area contributed by atoms with Crippen LogP contribution in [-0.4, -0.2) is 43.8 Å². The summed E-state index contributed by atoms with van der Waals surface area (Å²) in [6, 6.07) is 10.2. The van der Waals surface area contributed by atoms with E-state index < -0.39 is 0 Å². The number of fused-ring (bicyclic) bond motifs is 1. The fourth-order valence-corrected chi connectivity index (χ4v) is 3.33. The van der Waals surface area contributed by atoms with Gasteiger partial charge in [-0.2, -0.15) is 4.98 Å². The van der Waals surface area contributed by atoms with Crippen LogP contribution in [0.25, 0.3) is 11.2 Å². The normalized spacial score (nSPS) is 13.4. The summed E-state index contributed by atoms with van der Waals surface area (Å²) < 4.78 is 16.8. The van der Waals surface area contributed by atoms with E-state index in [1.165, 1.54) is 12.1 Å². The van der Waals surface area contributed by atoms with E-state index in [4.69, 9.17) is 10.7 Å². The zero-order valence-corrected chi connectivity index (χ0v) is 16.9. The number of imidazole rings is 1.